The van der Waals surface area contributed by atoms with Gasteiger partial charge in [0.15, 0.2) is 5.76 Å². The Morgan fingerprint density at radius 3 is 2.80 bits per heavy atom. The van der Waals surface area contributed by atoms with Crippen LogP contribution in [0.2, 0.25) is 0 Å². The van der Waals surface area contributed by atoms with Crippen molar-refractivity contribution in [2.24, 2.45) is 0 Å². The molecule has 3 heterocycles. The van der Waals surface area contributed by atoms with E-state index in [0.717, 1.165) is 24.2 Å². The fraction of sp³-hybridized carbons (Fsp3) is 0.400. The van der Waals surface area contributed by atoms with Crippen LogP contribution < -0.4 is 4.72 Å². The maximum absolute atomic E-state index is 12.4. The van der Waals surface area contributed by atoms with E-state index in [9.17, 15) is 8.42 Å². The average molecular weight is 364 g/mol. The summed E-state index contributed by atoms with van der Waals surface area (Å²) < 4.78 is 34.7. The maximum atomic E-state index is 12.4. The van der Waals surface area contributed by atoms with Gasteiger partial charge in [0.25, 0.3) is 10.0 Å². The van der Waals surface area contributed by atoms with Gasteiger partial charge in [0.05, 0.1) is 6.54 Å². The molecule has 0 aliphatic rings. The molecule has 0 saturated heterocycles. The van der Waals surface area contributed by atoms with E-state index in [-0.39, 0.29) is 11.6 Å². The number of sulfonamides is 1. The highest BCUT2D eigenvalue weighted by atomic mass is 32.2. The Hall–Kier alpha value is -2.46. The van der Waals surface area contributed by atoms with Crippen molar-refractivity contribution in [3.63, 3.8) is 0 Å². The standard InChI is InChI=1S/C15H20N6O3S/c1-4-7-21-9-16-19-13(21)8-17-25(22,23)14-6-5-12(24-14)15-10(2)11(3)18-20-15/h5-6,9,17H,4,7-8H2,1-3H3,(H,18,20). The molecule has 10 heteroatoms. The second kappa shape index (κ2) is 6.81. The van der Waals surface area contributed by atoms with Crippen molar-refractivity contribution in [3.8, 4) is 11.5 Å². The monoisotopic (exact) mass is 364 g/mol. The number of furan rings is 1. The first-order chi connectivity index (χ1) is 11.9. The summed E-state index contributed by atoms with van der Waals surface area (Å²) in [5.74, 6) is 0.951. The van der Waals surface area contributed by atoms with Crippen LogP contribution in [0.3, 0.4) is 0 Å². The third kappa shape index (κ3) is 3.49. The van der Waals surface area contributed by atoms with Crippen molar-refractivity contribution < 1.29 is 12.8 Å². The number of rotatable bonds is 7. The molecule has 0 atom stereocenters. The van der Waals surface area contributed by atoms with Gasteiger partial charge in [0.2, 0.25) is 5.09 Å². The predicted octanol–water partition coefficient (Wildman–Crippen LogP) is 1.77. The molecule has 25 heavy (non-hydrogen) atoms. The van der Waals surface area contributed by atoms with Crippen LogP contribution in [0.25, 0.3) is 11.5 Å². The first-order valence-corrected chi connectivity index (χ1v) is 9.38. The van der Waals surface area contributed by atoms with Gasteiger partial charge in [-0.15, -0.1) is 10.2 Å². The molecule has 0 aliphatic carbocycles. The van der Waals surface area contributed by atoms with Gasteiger partial charge in [-0.3, -0.25) is 5.10 Å². The molecular weight excluding hydrogens is 344 g/mol. The van der Waals surface area contributed by atoms with Gasteiger partial charge in [-0.05, 0) is 32.4 Å². The molecule has 0 amide bonds. The maximum Gasteiger partial charge on any atom is 0.274 e. The van der Waals surface area contributed by atoms with Crippen LogP contribution in [0.1, 0.15) is 30.4 Å². The third-order valence-electron chi connectivity index (χ3n) is 3.91. The van der Waals surface area contributed by atoms with Crippen LogP contribution in [0.5, 0.6) is 0 Å². The fourth-order valence-electron chi connectivity index (χ4n) is 2.39. The summed E-state index contributed by atoms with van der Waals surface area (Å²) in [6, 6.07) is 3.01. The van der Waals surface area contributed by atoms with E-state index in [2.05, 4.69) is 25.1 Å². The summed E-state index contributed by atoms with van der Waals surface area (Å²) in [6.07, 6.45) is 2.49. The van der Waals surface area contributed by atoms with Crippen LogP contribution in [-0.2, 0) is 23.1 Å². The molecule has 134 valence electrons. The molecule has 0 spiro atoms. The number of aryl methyl sites for hydroxylation is 2. The highest BCUT2D eigenvalue weighted by Crippen LogP contribution is 2.26. The second-order valence-electron chi connectivity index (χ2n) is 5.71. The number of nitrogens with zero attached hydrogens (tertiary/aromatic N) is 4. The molecule has 3 aromatic heterocycles. The molecule has 2 N–H and O–H groups in total. The van der Waals surface area contributed by atoms with E-state index >= 15 is 0 Å². The quantitative estimate of drug-likeness (QED) is 0.659. The lowest BCUT2D eigenvalue weighted by molar-refractivity contribution is 0.454. The zero-order valence-corrected chi connectivity index (χ0v) is 15.1. The first-order valence-electron chi connectivity index (χ1n) is 7.90. The second-order valence-corrected chi connectivity index (χ2v) is 7.40. The van der Waals surface area contributed by atoms with Crippen molar-refractivity contribution in [3.05, 3.63) is 35.5 Å². The number of aromatic nitrogens is 5. The summed E-state index contributed by atoms with van der Waals surface area (Å²) in [7, 11) is -3.80. The Bertz CT molecular complexity index is 969. The molecule has 3 aromatic rings. The Kier molecular flexibility index (Phi) is 4.73. The van der Waals surface area contributed by atoms with Crippen LogP contribution in [0.15, 0.2) is 28.0 Å². The van der Waals surface area contributed by atoms with E-state index in [4.69, 9.17) is 4.42 Å². The van der Waals surface area contributed by atoms with Crippen LogP contribution in [0, 0.1) is 13.8 Å². The number of H-pyrrole nitrogens is 1. The highest BCUT2D eigenvalue weighted by molar-refractivity contribution is 7.89. The van der Waals surface area contributed by atoms with Crippen molar-refractivity contribution in [1.29, 1.82) is 0 Å². The minimum Gasteiger partial charge on any atom is -0.442 e. The Balaban J connectivity index is 1.77. The van der Waals surface area contributed by atoms with Crippen molar-refractivity contribution in [2.75, 3.05) is 0 Å². The summed E-state index contributed by atoms with van der Waals surface area (Å²) in [5.41, 5.74) is 2.42. The molecule has 0 bridgehead atoms. The van der Waals surface area contributed by atoms with E-state index in [1.807, 2.05) is 25.3 Å². The van der Waals surface area contributed by atoms with Gasteiger partial charge in [-0.1, -0.05) is 6.92 Å². The van der Waals surface area contributed by atoms with Gasteiger partial charge in [0, 0.05) is 17.8 Å². The normalized spacial score (nSPS) is 12.0. The molecule has 0 radical (unpaired) electrons. The van der Waals surface area contributed by atoms with Crippen LogP contribution in [-0.4, -0.2) is 33.4 Å². The molecule has 0 unspecified atom stereocenters. The average Bonchev–Trinajstić information content (AvgIpc) is 3.28. The Morgan fingerprint density at radius 1 is 1.32 bits per heavy atom. The Morgan fingerprint density at radius 2 is 2.12 bits per heavy atom. The lowest BCUT2D eigenvalue weighted by Gasteiger charge is -2.06. The van der Waals surface area contributed by atoms with Crippen molar-refractivity contribution in [1.82, 2.24) is 29.7 Å². The van der Waals surface area contributed by atoms with Crippen LogP contribution in [0.4, 0.5) is 0 Å². The zero-order valence-electron chi connectivity index (χ0n) is 14.3. The van der Waals surface area contributed by atoms with E-state index in [1.165, 1.54) is 6.07 Å². The molecule has 0 aliphatic heterocycles. The van der Waals surface area contributed by atoms with E-state index in [0.29, 0.717) is 17.3 Å². The number of hydrogen-bond donors (Lipinski definition) is 2. The smallest absolute Gasteiger partial charge is 0.274 e. The van der Waals surface area contributed by atoms with Gasteiger partial charge in [0.1, 0.15) is 17.8 Å². The summed E-state index contributed by atoms with van der Waals surface area (Å²) in [6.45, 7) is 6.58. The van der Waals surface area contributed by atoms with Gasteiger partial charge in [-0.2, -0.15) is 5.10 Å². The van der Waals surface area contributed by atoms with Gasteiger partial charge in [-0.25, -0.2) is 13.1 Å². The summed E-state index contributed by atoms with van der Waals surface area (Å²) in [5, 5.41) is 14.6. The van der Waals surface area contributed by atoms with Crippen LogP contribution >= 0.6 is 0 Å². The van der Waals surface area contributed by atoms with Gasteiger partial charge < -0.3 is 8.98 Å². The molecule has 0 saturated carbocycles. The predicted molar refractivity (Wildman–Crippen MR) is 90.1 cm³/mol. The molecule has 0 aromatic carbocycles. The molecule has 9 nitrogen and oxygen atoms in total. The minimum atomic E-state index is -3.80. The third-order valence-corrected chi connectivity index (χ3v) is 5.19. The van der Waals surface area contributed by atoms with Crippen molar-refractivity contribution >= 4 is 10.0 Å². The lowest BCUT2D eigenvalue weighted by Crippen LogP contribution is -2.24. The lowest BCUT2D eigenvalue weighted by atomic mass is 10.2. The number of nitrogens with one attached hydrogen (secondary N) is 2. The number of aromatic amines is 1. The largest absolute Gasteiger partial charge is 0.442 e. The zero-order chi connectivity index (χ0) is 18.0. The highest BCUT2D eigenvalue weighted by Gasteiger charge is 2.21. The van der Waals surface area contributed by atoms with E-state index < -0.39 is 10.0 Å². The summed E-state index contributed by atoms with van der Waals surface area (Å²) in [4.78, 5) is 0. The fourth-order valence-corrected chi connectivity index (χ4v) is 3.30. The first kappa shape index (κ1) is 17.4. The number of hydrogen-bond acceptors (Lipinski definition) is 6. The molecule has 0 fully saturated rings. The Labute approximate surface area is 145 Å². The van der Waals surface area contributed by atoms with Crippen molar-refractivity contribution in [2.45, 2.75) is 45.4 Å². The van der Waals surface area contributed by atoms with Gasteiger partial charge >= 0.3 is 0 Å². The SMILES string of the molecule is CCCn1cnnc1CNS(=O)(=O)c1ccc(-c2n[nH]c(C)c2C)o1. The minimum absolute atomic E-state index is 0.0406. The molecule has 3 rings (SSSR count). The van der Waals surface area contributed by atoms with E-state index in [1.54, 1.807) is 12.4 Å². The summed E-state index contributed by atoms with van der Waals surface area (Å²) >= 11 is 0. The topological polar surface area (TPSA) is 119 Å². The molecular formula is C15H20N6O3S.